The molecule has 1 N–H and O–H groups in total. The number of nitrogens with zero attached hydrogens (tertiary/aromatic N) is 2. The lowest BCUT2D eigenvalue weighted by atomic mass is 9.95. The predicted molar refractivity (Wildman–Crippen MR) is 94.7 cm³/mol. The standard InChI is InChI=1S/C19H28FN3O/c1-15-5-6-17(13-18(15)20)21-19(24)23-11-7-16(8-12-23)14-22-9-3-2-4-10-22/h5-6,13,16H,2-4,7-12,14H2,1H3,(H,21,24). The molecule has 2 aliphatic rings. The lowest BCUT2D eigenvalue weighted by Crippen LogP contribution is -2.44. The first-order chi connectivity index (χ1) is 11.6. The number of urea groups is 1. The Morgan fingerprint density at radius 1 is 1.17 bits per heavy atom. The maximum absolute atomic E-state index is 13.6. The minimum Gasteiger partial charge on any atom is -0.325 e. The molecular weight excluding hydrogens is 305 g/mol. The number of piperidine rings is 2. The first kappa shape index (κ1) is 17.2. The molecule has 4 nitrogen and oxygen atoms in total. The second-order valence-corrected chi connectivity index (χ2v) is 7.19. The molecule has 2 fully saturated rings. The molecule has 5 heteroatoms. The largest absolute Gasteiger partial charge is 0.325 e. The third-order valence-corrected chi connectivity index (χ3v) is 5.29. The van der Waals surface area contributed by atoms with E-state index in [1.54, 1.807) is 19.1 Å². The number of anilines is 1. The number of likely N-dealkylation sites (tertiary alicyclic amines) is 2. The molecule has 1 aromatic carbocycles. The lowest BCUT2D eigenvalue weighted by molar-refractivity contribution is 0.142. The van der Waals surface area contributed by atoms with Crippen molar-refractivity contribution in [3.05, 3.63) is 29.6 Å². The summed E-state index contributed by atoms with van der Waals surface area (Å²) in [6, 6.07) is 4.71. The van der Waals surface area contributed by atoms with Crippen molar-refractivity contribution in [3.8, 4) is 0 Å². The normalized spacial score (nSPS) is 20.2. The van der Waals surface area contributed by atoms with Gasteiger partial charge in [-0.2, -0.15) is 0 Å². The minimum atomic E-state index is -0.284. The van der Waals surface area contributed by atoms with Crippen LogP contribution in [0.5, 0.6) is 0 Å². The maximum atomic E-state index is 13.6. The Morgan fingerprint density at radius 2 is 1.88 bits per heavy atom. The fraction of sp³-hybridized carbons (Fsp3) is 0.632. The number of rotatable bonds is 3. The van der Waals surface area contributed by atoms with E-state index in [4.69, 9.17) is 0 Å². The van der Waals surface area contributed by atoms with Crippen LogP contribution >= 0.6 is 0 Å². The molecular formula is C19H28FN3O. The molecule has 0 saturated carbocycles. The van der Waals surface area contributed by atoms with Crippen molar-refractivity contribution in [1.82, 2.24) is 9.80 Å². The van der Waals surface area contributed by atoms with Gasteiger partial charge < -0.3 is 15.1 Å². The van der Waals surface area contributed by atoms with Gasteiger partial charge >= 0.3 is 6.03 Å². The Morgan fingerprint density at radius 3 is 2.54 bits per heavy atom. The van der Waals surface area contributed by atoms with Gasteiger partial charge in [-0.25, -0.2) is 9.18 Å². The maximum Gasteiger partial charge on any atom is 0.321 e. The molecule has 0 atom stereocenters. The second-order valence-electron chi connectivity index (χ2n) is 7.19. The van der Waals surface area contributed by atoms with Gasteiger partial charge in [0.25, 0.3) is 0 Å². The first-order valence-electron chi connectivity index (χ1n) is 9.16. The van der Waals surface area contributed by atoms with Gasteiger partial charge in [0.15, 0.2) is 0 Å². The lowest BCUT2D eigenvalue weighted by Gasteiger charge is -2.36. The number of halogens is 1. The third-order valence-electron chi connectivity index (χ3n) is 5.29. The van der Waals surface area contributed by atoms with Crippen LogP contribution in [-0.4, -0.2) is 48.6 Å². The highest BCUT2D eigenvalue weighted by molar-refractivity contribution is 5.89. The molecule has 0 aromatic heterocycles. The van der Waals surface area contributed by atoms with Gasteiger partial charge in [-0.1, -0.05) is 12.5 Å². The van der Waals surface area contributed by atoms with Crippen molar-refractivity contribution in [1.29, 1.82) is 0 Å². The molecule has 0 radical (unpaired) electrons. The van der Waals surface area contributed by atoms with Crippen molar-refractivity contribution >= 4 is 11.7 Å². The van der Waals surface area contributed by atoms with Gasteiger partial charge in [0, 0.05) is 25.3 Å². The predicted octanol–water partition coefficient (Wildman–Crippen LogP) is 3.86. The van der Waals surface area contributed by atoms with Crippen LogP contribution in [0.1, 0.15) is 37.7 Å². The van der Waals surface area contributed by atoms with E-state index in [0.717, 1.165) is 25.9 Å². The smallest absolute Gasteiger partial charge is 0.321 e. The van der Waals surface area contributed by atoms with Gasteiger partial charge in [-0.05, 0) is 69.3 Å². The van der Waals surface area contributed by atoms with Crippen LogP contribution in [0.3, 0.4) is 0 Å². The Hall–Kier alpha value is -1.62. The highest BCUT2D eigenvalue weighted by Crippen LogP contribution is 2.21. The molecule has 132 valence electrons. The molecule has 0 unspecified atom stereocenters. The van der Waals surface area contributed by atoms with Crippen molar-refractivity contribution in [2.24, 2.45) is 5.92 Å². The number of carbonyl (C=O) groups is 1. The Kier molecular flexibility index (Phi) is 5.72. The fourth-order valence-electron chi connectivity index (χ4n) is 3.70. The van der Waals surface area contributed by atoms with Crippen LogP contribution in [0, 0.1) is 18.7 Å². The summed E-state index contributed by atoms with van der Waals surface area (Å²) in [7, 11) is 0. The minimum absolute atomic E-state index is 0.116. The number of hydrogen-bond acceptors (Lipinski definition) is 2. The Labute approximate surface area is 144 Å². The van der Waals surface area contributed by atoms with Crippen LogP contribution in [-0.2, 0) is 0 Å². The van der Waals surface area contributed by atoms with Gasteiger partial charge in [-0.3, -0.25) is 0 Å². The number of nitrogens with one attached hydrogen (secondary N) is 1. The third kappa shape index (κ3) is 4.47. The Balaban J connectivity index is 1.45. The summed E-state index contributed by atoms with van der Waals surface area (Å²) >= 11 is 0. The van der Waals surface area contributed by atoms with Gasteiger partial charge in [0.2, 0.25) is 0 Å². The Bertz CT molecular complexity index is 564. The molecule has 2 saturated heterocycles. The molecule has 0 spiro atoms. The summed E-state index contributed by atoms with van der Waals surface area (Å²) in [5.74, 6) is 0.414. The summed E-state index contributed by atoms with van der Waals surface area (Å²) in [5, 5.41) is 2.81. The summed E-state index contributed by atoms with van der Waals surface area (Å²) < 4.78 is 13.6. The average Bonchev–Trinajstić information content (AvgIpc) is 2.60. The topological polar surface area (TPSA) is 35.6 Å². The van der Waals surface area contributed by atoms with Crippen LogP contribution in [0.15, 0.2) is 18.2 Å². The summed E-state index contributed by atoms with van der Waals surface area (Å²) in [4.78, 5) is 16.8. The molecule has 24 heavy (non-hydrogen) atoms. The molecule has 3 rings (SSSR count). The highest BCUT2D eigenvalue weighted by Gasteiger charge is 2.25. The van der Waals surface area contributed by atoms with Crippen LogP contribution < -0.4 is 5.32 Å². The van der Waals surface area contributed by atoms with Crippen molar-refractivity contribution in [2.75, 3.05) is 38.0 Å². The second kappa shape index (κ2) is 7.97. The number of aryl methyl sites for hydroxylation is 1. The van der Waals surface area contributed by atoms with E-state index in [1.165, 1.54) is 45.0 Å². The molecule has 2 heterocycles. The van der Waals surface area contributed by atoms with Crippen LogP contribution in [0.2, 0.25) is 0 Å². The van der Waals surface area contributed by atoms with Crippen LogP contribution in [0.4, 0.5) is 14.9 Å². The van der Waals surface area contributed by atoms with Gasteiger partial charge in [0.05, 0.1) is 0 Å². The zero-order chi connectivity index (χ0) is 16.9. The van der Waals surface area contributed by atoms with Crippen LogP contribution in [0.25, 0.3) is 0 Å². The zero-order valence-electron chi connectivity index (χ0n) is 14.6. The zero-order valence-corrected chi connectivity index (χ0v) is 14.6. The summed E-state index contributed by atoms with van der Waals surface area (Å²) in [5.41, 5.74) is 1.12. The molecule has 2 amide bonds. The molecule has 2 aliphatic heterocycles. The van der Waals surface area contributed by atoms with Crippen molar-refractivity contribution in [3.63, 3.8) is 0 Å². The number of hydrogen-bond donors (Lipinski definition) is 1. The highest BCUT2D eigenvalue weighted by atomic mass is 19.1. The summed E-state index contributed by atoms with van der Waals surface area (Å²) in [6.07, 6.45) is 6.15. The van der Waals surface area contributed by atoms with Crippen molar-refractivity contribution < 1.29 is 9.18 Å². The van der Waals surface area contributed by atoms with Gasteiger partial charge in [0.1, 0.15) is 5.82 Å². The van der Waals surface area contributed by atoms with E-state index in [-0.39, 0.29) is 11.8 Å². The van der Waals surface area contributed by atoms with E-state index in [0.29, 0.717) is 17.2 Å². The number of carbonyl (C=O) groups excluding carboxylic acids is 1. The molecule has 1 aromatic rings. The molecule has 0 bridgehead atoms. The van der Waals surface area contributed by atoms with E-state index in [1.807, 2.05) is 4.90 Å². The van der Waals surface area contributed by atoms with E-state index >= 15 is 0 Å². The average molecular weight is 333 g/mol. The monoisotopic (exact) mass is 333 g/mol. The number of amides is 2. The SMILES string of the molecule is Cc1ccc(NC(=O)N2CCC(CN3CCCCC3)CC2)cc1F. The van der Waals surface area contributed by atoms with E-state index in [2.05, 4.69) is 10.2 Å². The molecule has 0 aliphatic carbocycles. The van der Waals surface area contributed by atoms with Gasteiger partial charge in [-0.15, -0.1) is 0 Å². The van der Waals surface area contributed by atoms with E-state index < -0.39 is 0 Å². The number of benzene rings is 1. The fourth-order valence-corrected chi connectivity index (χ4v) is 3.70. The first-order valence-corrected chi connectivity index (χ1v) is 9.16. The van der Waals surface area contributed by atoms with E-state index in [9.17, 15) is 9.18 Å². The summed E-state index contributed by atoms with van der Waals surface area (Å²) in [6.45, 7) is 6.95. The quantitative estimate of drug-likeness (QED) is 0.911. The van der Waals surface area contributed by atoms with Crippen molar-refractivity contribution in [2.45, 2.75) is 39.0 Å².